The molecule has 0 saturated carbocycles. The lowest BCUT2D eigenvalue weighted by Gasteiger charge is -2.28. The largest absolute Gasteiger partial charge is 0.479 e. The Bertz CT molecular complexity index is 466. The monoisotopic (exact) mass is 278 g/mol. The Kier molecular flexibility index (Phi) is 5.13. The highest BCUT2D eigenvalue weighted by Crippen LogP contribution is 2.18. The van der Waals surface area contributed by atoms with Gasteiger partial charge < -0.3 is 15.7 Å². The van der Waals surface area contributed by atoms with Gasteiger partial charge >= 0.3 is 12.0 Å². The summed E-state index contributed by atoms with van der Waals surface area (Å²) in [5, 5.41) is 14.5. The fourth-order valence-electron chi connectivity index (χ4n) is 1.52. The Hall–Kier alpha value is -2.04. The first-order chi connectivity index (χ1) is 9.21. The van der Waals surface area contributed by atoms with Crippen LogP contribution >= 0.6 is 0 Å². The van der Waals surface area contributed by atoms with Crippen LogP contribution in [0.1, 0.15) is 39.3 Å². The van der Waals surface area contributed by atoms with Crippen LogP contribution in [0, 0.1) is 5.41 Å². The topological polar surface area (TPSA) is 78.4 Å². The van der Waals surface area contributed by atoms with Gasteiger partial charge in [0, 0.05) is 6.04 Å². The van der Waals surface area contributed by atoms with Crippen molar-refractivity contribution in [1.29, 1.82) is 0 Å². The molecule has 1 aromatic rings. The van der Waals surface area contributed by atoms with Crippen LogP contribution in [0.25, 0.3) is 0 Å². The second kappa shape index (κ2) is 6.41. The molecule has 110 valence electrons. The zero-order chi connectivity index (χ0) is 15.3. The second-order valence-corrected chi connectivity index (χ2v) is 5.89. The van der Waals surface area contributed by atoms with Gasteiger partial charge in [-0.2, -0.15) is 0 Å². The quantitative estimate of drug-likeness (QED) is 0.792. The van der Waals surface area contributed by atoms with Crippen LogP contribution in [0.15, 0.2) is 30.3 Å². The third kappa shape index (κ3) is 4.57. The molecule has 0 aliphatic carbocycles. The highest BCUT2D eigenvalue weighted by Gasteiger charge is 2.25. The highest BCUT2D eigenvalue weighted by atomic mass is 16.4. The number of benzene rings is 1. The number of carboxylic acids is 1. The van der Waals surface area contributed by atoms with Crippen LogP contribution in [0.3, 0.4) is 0 Å². The van der Waals surface area contributed by atoms with Gasteiger partial charge in [-0.15, -0.1) is 0 Å². The van der Waals surface area contributed by atoms with Crippen molar-refractivity contribution in [1.82, 2.24) is 10.6 Å². The molecule has 20 heavy (non-hydrogen) atoms. The number of nitrogens with one attached hydrogen (secondary N) is 2. The van der Waals surface area contributed by atoms with Gasteiger partial charge in [-0.05, 0) is 17.9 Å². The van der Waals surface area contributed by atoms with Crippen molar-refractivity contribution in [2.45, 2.75) is 39.8 Å². The Labute approximate surface area is 119 Å². The lowest BCUT2D eigenvalue weighted by atomic mass is 9.88. The van der Waals surface area contributed by atoms with E-state index in [0.717, 1.165) is 0 Å². The van der Waals surface area contributed by atoms with Gasteiger partial charge in [0.1, 0.15) is 0 Å². The standard InChI is InChI=1S/C15H22N2O3/c1-10(15(2,3)4)16-14(20)17-12(13(18)19)11-8-6-5-7-9-11/h5-10,12H,1-4H3,(H,18,19)(H2,16,17,20)/t10?,12-/m0/s1. The van der Waals surface area contributed by atoms with Crippen molar-refractivity contribution in [2.24, 2.45) is 5.41 Å². The van der Waals surface area contributed by atoms with Gasteiger partial charge in [0.15, 0.2) is 6.04 Å². The van der Waals surface area contributed by atoms with Gasteiger partial charge in [0.25, 0.3) is 0 Å². The van der Waals surface area contributed by atoms with Crippen LogP contribution in [0.4, 0.5) is 4.79 Å². The number of amides is 2. The van der Waals surface area contributed by atoms with E-state index in [2.05, 4.69) is 10.6 Å². The lowest BCUT2D eigenvalue weighted by molar-refractivity contribution is -0.139. The molecule has 1 unspecified atom stereocenters. The second-order valence-electron chi connectivity index (χ2n) is 5.89. The Morgan fingerprint density at radius 3 is 2.10 bits per heavy atom. The normalized spacial score (nSPS) is 14.2. The molecule has 0 spiro atoms. The summed E-state index contributed by atoms with van der Waals surface area (Å²) in [6.07, 6.45) is 0. The summed E-state index contributed by atoms with van der Waals surface area (Å²) < 4.78 is 0. The first-order valence-corrected chi connectivity index (χ1v) is 6.56. The Balaban J connectivity index is 2.73. The summed E-state index contributed by atoms with van der Waals surface area (Å²) in [6.45, 7) is 7.90. The first-order valence-electron chi connectivity index (χ1n) is 6.56. The maximum absolute atomic E-state index is 11.9. The van der Waals surface area contributed by atoms with Crippen LogP contribution in [-0.4, -0.2) is 23.1 Å². The Morgan fingerprint density at radius 1 is 1.10 bits per heavy atom. The van der Waals surface area contributed by atoms with E-state index in [1.54, 1.807) is 30.3 Å². The van der Waals surface area contributed by atoms with E-state index >= 15 is 0 Å². The molecular weight excluding hydrogens is 256 g/mol. The third-order valence-corrected chi connectivity index (χ3v) is 3.30. The molecule has 0 aromatic heterocycles. The van der Waals surface area contributed by atoms with Crippen molar-refractivity contribution >= 4 is 12.0 Å². The molecule has 1 aromatic carbocycles. The summed E-state index contributed by atoms with van der Waals surface area (Å²) in [5.74, 6) is -1.09. The average molecular weight is 278 g/mol. The molecular formula is C15H22N2O3. The molecule has 1 rings (SSSR count). The van der Waals surface area contributed by atoms with Crippen molar-refractivity contribution in [3.63, 3.8) is 0 Å². The molecule has 0 saturated heterocycles. The van der Waals surface area contributed by atoms with Crippen molar-refractivity contribution in [3.8, 4) is 0 Å². The van der Waals surface area contributed by atoms with Crippen LogP contribution in [0.5, 0.6) is 0 Å². The minimum Gasteiger partial charge on any atom is -0.479 e. The number of rotatable bonds is 4. The van der Waals surface area contributed by atoms with Crippen molar-refractivity contribution in [2.75, 3.05) is 0 Å². The SMILES string of the molecule is CC(NC(=O)N[C@H](C(=O)O)c1ccccc1)C(C)(C)C. The van der Waals surface area contributed by atoms with E-state index in [-0.39, 0.29) is 11.5 Å². The molecule has 0 heterocycles. The zero-order valence-corrected chi connectivity index (χ0v) is 12.3. The molecule has 2 atom stereocenters. The number of urea groups is 1. The van der Waals surface area contributed by atoms with Gasteiger partial charge in [-0.25, -0.2) is 9.59 Å². The minimum absolute atomic E-state index is 0.0762. The van der Waals surface area contributed by atoms with Crippen LogP contribution in [0.2, 0.25) is 0 Å². The van der Waals surface area contributed by atoms with Gasteiger partial charge in [0.2, 0.25) is 0 Å². The number of carbonyl (C=O) groups excluding carboxylic acids is 1. The molecule has 0 bridgehead atoms. The number of hydrogen-bond donors (Lipinski definition) is 3. The summed E-state index contributed by atoms with van der Waals surface area (Å²) >= 11 is 0. The van der Waals surface area contributed by atoms with E-state index in [1.165, 1.54) is 0 Å². The lowest BCUT2D eigenvalue weighted by Crippen LogP contribution is -2.48. The van der Waals surface area contributed by atoms with Crippen molar-refractivity contribution in [3.05, 3.63) is 35.9 Å². The number of carboxylic acid groups (broad SMARTS) is 1. The zero-order valence-electron chi connectivity index (χ0n) is 12.3. The summed E-state index contributed by atoms with van der Waals surface area (Å²) in [7, 11) is 0. The fraction of sp³-hybridized carbons (Fsp3) is 0.467. The van der Waals surface area contributed by atoms with Gasteiger partial charge in [-0.3, -0.25) is 0 Å². The molecule has 0 fully saturated rings. The molecule has 0 aliphatic heterocycles. The maximum Gasteiger partial charge on any atom is 0.330 e. The molecule has 0 radical (unpaired) electrons. The van der Waals surface area contributed by atoms with E-state index in [0.29, 0.717) is 5.56 Å². The van der Waals surface area contributed by atoms with Gasteiger partial charge in [-0.1, -0.05) is 51.1 Å². The predicted molar refractivity (Wildman–Crippen MR) is 77.4 cm³/mol. The van der Waals surface area contributed by atoms with Crippen LogP contribution in [-0.2, 0) is 4.79 Å². The smallest absolute Gasteiger partial charge is 0.330 e. The average Bonchev–Trinajstić information content (AvgIpc) is 2.35. The summed E-state index contributed by atoms with van der Waals surface area (Å²) in [6, 6.07) is 7.01. The molecule has 2 amide bonds. The van der Waals surface area contributed by atoms with Gasteiger partial charge in [0.05, 0.1) is 0 Å². The molecule has 3 N–H and O–H groups in total. The number of carbonyl (C=O) groups is 2. The number of hydrogen-bond acceptors (Lipinski definition) is 2. The van der Waals surface area contributed by atoms with E-state index in [4.69, 9.17) is 0 Å². The van der Waals surface area contributed by atoms with E-state index in [1.807, 2.05) is 27.7 Å². The maximum atomic E-state index is 11.9. The molecule has 5 heteroatoms. The fourth-order valence-corrected chi connectivity index (χ4v) is 1.52. The summed E-state index contributed by atoms with van der Waals surface area (Å²) in [4.78, 5) is 23.2. The van der Waals surface area contributed by atoms with Crippen LogP contribution < -0.4 is 10.6 Å². The minimum atomic E-state index is -1.09. The summed E-state index contributed by atoms with van der Waals surface area (Å²) in [5.41, 5.74) is 0.446. The molecule has 5 nitrogen and oxygen atoms in total. The van der Waals surface area contributed by atoms with Crippen molar-refractivity contribution < 1.29 is 14.7 Å². The highest BCUT2D eigenvalue weighted by molar-refractivity contribution is 5.83. The third-order valence-electron chi connectivity index (χ3n) is 3.30. The molecule has 0 aliphatic rings. The first kappa shape index (κ1) is 16.0. The number of aliphatic carboxylic acids is 1. The predicted octanol–water partition coefficient (Wildman–Crippen LogP) is 2.55. The Morgan fingerprint density at radius 2 is 1.65 bits per heavy atom. The van der Waals surface area contributed by atoms with E-state index in [9.17, 15) is 14.7 Å². The van der Waals surface area contributed by atoms with E-state index < -0.39 is 18.0 Å².